The average molecular weight is 466 g/mol. The molecule has 1 atom stereocenters. The number of hydrogen-bond donors (Lipinski definition) is 2. The molecule has 4 rings (SSSR count). The van der Waals surface area contributed by atoms with E-state index < -0.39 is 0 Å². The fourth-order valence-corrected chi connectivity index (χ4v) is 4.65. The number of methoxy groups -OCH3 is 2. The summed E-state index contributed by atoms with van der Waals surface area (Å²) >= 11 is 1.38. The van der Waals surface area contributed by atoms with Gasteiger partial charge in [0.1, 0.15) is 0 Å². The van der Waals surface area contributed by atoms with Gasteiger partial charge in [-0.15, -0.1) is 11.3 Å². The summed E-state index contributed by atoms with van der Waals surface area (Å²) < 4.78 is 11.0. The quantitative estimate of drug-likeness (QED) is 0.556. The average Bonchev–Trinajstić information content (AvgIpc) is 3.37. The first-order chi connectivity index (χ1) is 16.0. The fraction of sp³-hybridized carbons (Fsp3) is 0.280. The first-order valence-electron chi connectivity index (χ1n) is 10.7. The Morgan fingerprint density at radius 3 is 2.48 bits per heavy atom. The first kappa shape index (κ1) is 22.7. The molecular formula is C25H27N3O4S. The SMILES string of the molecule is COc1cc2c(cc1OC)[C@@H](CNC(=O)c1cccs1)N(C(=O)Nc1ccc(C)cc1)CC2. The standard InChI is InChI=1S/C25H27N3O4S/c1-16-6-8-18(9-7-16)27-25(30)28-11-10-17-13-21(31-2)22(32-3)14-19(17)20(28)15-26-24(29)23-5-4-12-33-23/h4-9,12-14,20H,10-11,15H2,1-3H3,(H,26,29)(H,27,30)/t20-/m1/s1. The summed E-state index contributed by atoms with van der Waals surface area (Å²) in [5.74, 6) is 1.08. The molecule has 7 nitrogen and oxygen atoms in total. The molecule has 2 aromatic carbocycles. The largest absolute Gasteiger partial charge is 0.493 e. The predicted molar refractivity (Wildman–Crippen MR) is 130 cm³/mol. The van der Waals surface area contributed by atoms with Crippen LogP contribution in [-0.4, -0.2) is 44.1 Å². The molecule has 0 spiro atoms. The van der Waals surface area contributed by atoms with E-state index in [2.05, 4.69) is 10.6 Å². The molecule has 0 fully saturated rings. The van der Waals surface area contributed by atoms with E-state index in [9.17, 15) is 9.59 Å². The highest BCUT2D eigenvalue weighted by atomic mass is 32.1. The number of aryl methyl sites for hydroxylation is 1. The lowest BCUT2D eigenvalue weighted by atomic mass is 9.91. The van der Waals surface area contributed by atoms with Crippen molar-refractivity contribution in [2.45, 2.75) is 19.4 Å². The zero-order valence-corrected chi connectivity index (χ0v) is 19.7. The molecule has 2 heterocycles. The molecular weight excluding hydrogens is 438 g/mol. The number of fused-ring (bicyclic) bond motifs is 1. The van der Waals surface area contributed by atoms with E-state index >= 15 is 0 Å². The molecule has 172 valence electrons. The molecule has 1 aromatic heterocycles. The summed E-state index contributed by atoms with van der Waals surface area (Å²) in [6.45, 7) is 2.79. The molecule has 1 aliphatic heterocycles. The summed E-state index contributed by atoms with van der Waals surface area (Å²) in [4.78, 5) is 28.3. The monoisotopic (exact) mass is 465 g/mol. The van der Waals surface area contributed by atoms with Gasteiger partial charge < -0.3 is 25.0 Å². The highest BCUT2D eigenvalue weighted by Crippen LogP contribution is 2.38. The van der Waals surface area contributed by atoms with Crippen LogP contribution in [0.5, 0.6) is 11.5 Å². The normalized spacial score (nSPS) is 14.9. The minimum atomic E-state index is -0.358. The number of nitrogens with zero attached hydrogens (tertiary/aromatic N) is 1. The summed E-state index contributed by atoms with van der Waals surface area (Å²) in [7, 11) is 3.19. The Labute approximate surface area is 197 Å². The van der Waals surface area contributed by atoms with Crippen molar-refractivity contribution < 1.29 is 19.1 Å². The molecule has 8 heteroatoms. The van der Waals surface area contributed by atoms with Gasteiger partial charge in [0.2, 0.25) is 0 Å². The van der Waals surface area contributed by atoms with E-state index in [0.29, 0.717) is 29.3 Å². The summed E-state index contributed by atoms with van der Waals surface area (Å²) in [6, 6.07) is 14.6. The van der Waals surface area contributed by atoms with Crippen LogP contribution in [0.1, 0.15) is 32.4 Å². The summed E-state index contributed by atoms with van der Waals surface area (Å²) in [6.07, 6.45) is 0.673. The van der Waals surface area contributed by atoms with Crippen molar-refractivity contribution >= 4 is 29.0 Å². The van der Waals surface area contributed by atoms with E-state index in [1.54, 1.807) is 25.2 Å². The van der Waals surface area contributed by atoms with Crippen LogP contribution in [0.25, 0.3) is 0 Å². The van der Waals surface area contributed by atoms with Crippen LogP contribution < -0.4 is 20.1 Å². The van der Waals surface area contributed by atoms with Crippen LogP contribution in [0.4, 0.5) is 10.5 Å². The predicted octanol–water partition coefficient (Wildman–Crippen LogP) is 4.64. The maximum Gasteiger partial charge on any atom is 0.322 e. The second-order valence-corrected chi connectivity index (χ2v) is 8.80. The molecule has 3 aromatic rings. The number of carbonyl (C=O) groups excluding carboxylic acids is 2. The van der Waals surface area contributed by atoms with Gasteiger partial charge >= 0.3 is 6.03 Å². The number of anilines is 1. The number of amides is 3. The van der Waals surface area contributed by atoms with Crippen molar-refractivity contribution in [2.75, 3.05) is 32.6 Å². The summed E-state index contributed by atoms with van der Waals surface area (Å²) in [5.41, 5.74) is 3.85. The zero-order chi connectivity index (χ0) is 23.4. The van der Waals surface area contributed by atoms with E-state index in [1.165, 1.54) is 11.3 Å². The number of ether oxygens (including phenoxy) is 2. The van der Waals surface area contributed by atoms with Gasteiger partial charge in [0, 0.05) is 18.8 Å². The number of hydrogen-bond acceptors (Lipinski definition) is 5. The van der Waals surface area contributed by atoms with Gasteiger partial charge in [0.15, 0.2) is 11.5 Å². The highest BCUT2D eigenvalue weighted by Gasteiger charge is 2.32. The van der Waals surface area contributed by atoms with Crippen molar-refractivity contribution in [3.8, 4) is 11.5 Å². The number of thiophene rings is 1. The maximum absolute atomic E-state index is 13.3. The molecule has 33 heavy (non-hydrogen) atoms. The van der Waals surface area contributed by atoms with Crippen LogP contribution in [0.2, 0.25) is 0 Å². The minimum absolute atomic E-state index is 0.156. The Morgan fingerprint density at radius 2 is 1.82 bits per heavy atom. The van der Waals surface area contributed by atoms with Crippen LogP contribution in [0, 0.1) is 6.92 Å². The Morgan fingerprint density at radius 1 is 1.09 bits per heavy atom. The molecule has 2 N–H and O–H groups in total. The van der Waals surface area contributed by atoms with Crippen LogP contribution in [-0.2, 0) is 6.42 Å². The third kappa shape index (κ3) is 4.96. The Hall–Kier alpha value is -3.52. The van der Waals surface area contributed by atoms with Crippen LogP contribution in [0.3, 0.4) is 0 Å². The smallest absolute Gasteiger partial charge is 0.322 e. The van der Waals surface area contributed by atoms with Crippen LogP contribution in [0.15, 0.2) is 53.9 Å². The third-order valence-electron chi connectivity index (χ3n) is 5.77. The molecule has 0 radical (unpaired) electrons. The number of rotatable bonds is 6. The van der Waals surface area contributed by atoms with E-state index in [0.717, 1.165) is 22.4 Å². The molecule has 0 unspecified atom stereocenters. The third-order valence-corrected chi connectivity index (χ3v) is 6.64. The van der Waals surface area contributed by atoms with Gasteiger partial charge in [-0.25, -0.2) is 4.79 Å². The lowest BCUT2D eigenvalue weighted by Crippen LogP contribution is -2.46. The zero-order valence-electron chi connectivity index (χ0n) is 18.9. The lowest BCUT2D eigenvalue weighted by Gasteiger charge is -2.37. The number of nitrogens with one attached hydrogen (secondary N) is 2. The molecule has 0 aliphatic carbocycles. The second-order valence-electron chi connectivity index (χ2n) is 7.85. The van der Waals surface area contributed by atoms with Gasteiger partial charge in [-0.05, 0) is 60.2 Å². The number of urea groups is 1. The summed E-state index contributed by atoms with van der Waals surface area (Å²) in [5, 5.41) is 7.85. The van der Waals surface area contributed by atoms with Crippen molar-refractivity contribution in [1.29, 1.82) is 0 Å². The molecule has 3 amide bonds. The van der Waals surface area contributed by atoms with Crippen molar-refractivity contribution in [1.82, 2.24) is 10.2 Å². The minimum Gasteiger partial charge on any atom is -0.493 e. The van der Waals surface area contributed by atoms with E-state index in [-0.39, 0.29) is 24.5 Å². The van der Waals surface area contributed by atoms with Gasteiger partial charge in [-0.2, -0.15) is 0 Å². The molecule has 0 saturated heterocycles. The second kappa shape index (κ2) is 9.95. The Bertz CT molecular complexity index is 1130. The number of carbonyl (C=O) groups is 2. The van der Waals surface area contributed by atoms with E-state index in [1.807, 2.05) is 54.8 Å². The van der Waals surface area contributed by atoms with Crippen molar-refractivity contribution in [3.05, 3.63) is 75.5 Å². The molecule has 0 saturated carbocycles. The van der Waals surface area contributed by atoms with Crippen LogP contribution >= 0.6 is 11.3 Å². The lowest BCUT2D eigenvalue weighted by molar-refractivity contribution is 0.0940. The highest BCUT2D eigenvalue weighted by molar-refractivity contribution is 7.12. The van der Waals surface area contributed by atoms with Crippen molar-refractivity contribution in [2.24, 2.45) is 0 Å². The van der Waals surface area contributed by atoms with Gasteiger partial charge in [-0.3, -0.25) is 4.79 Å². The van der Waals surface area contributed by atoms with Gasteiger partial charge in [0.25, 0.3) is 5.91 Å². The van der Waals surface area contributed by atoms with Crippen molar-refractivity contribution in [3.63, 3.8) is 0 Å². The Kier molecular flexibility index (Phi) is 6.84. The van der Waals surface area contributed by atoms with E-state index in [4.69, 9.17) is 9.47 Å². The fourth-order valence-electron chi connectivity index (χ4n) is 4.01. The maximum atomic E-state index is 13.3. The number of benzene rings is 2. The molecule has 0 bridgehead atoms. The van der Waals surface area contributed by atoms with Gasteiger partial charge in [0.05, 0.1) is 25.1 Å². The van der Waals surface area contributed by atoms with Gasteiger partial charge in [-0.1, -0.05) is 23.8 Å². The Balaban J connectivity index is 1.62. The molecule has 1 aliphatic rings. The topological polar surface area (TPSA) is 79.9 Å². The first-order valence-corrected chi connectivity index (χ1v) is 11.6.